The van der Waals surface area contributed by atoms with E-state index in [0.717, 1.165) is 24.1 Å². The van der Waals surface area contributed by atoms with E-state index in [2.05, 4.69) is 22.3 Å². The van der Waals surface area contributed by atoms with Crippen LogP contribution in [0.15, 0.2) is 84.9 Å². The van der Waals surface area contributed by atoms with Crippen molar-refractivity contribution in [2.24, 2.45) is 0 Å². The van der Waals surface area contributed by atoms with E-state index in [9.17, 15) is 15.0 Å². The summed E-state index contributed by atoms with van der Waals surface area (Å²) >= 11 is 0. The quantitative estimate of drug-likeness (QED) is 0.506. The van der Waals surface area contributed by atoms with E-state index in [1.54, 1.807) is 0 Å². The van der Waals surface area contributed by atoms with E-state index < -0.39 is 11.7 Å². The van der Waals surface area contributed by atoms with E-state index in [4.69, 9.17) is 0 Å². The first-order valence-electron chi connectivity index (χ1n) is 11.1. The van der Waals surface area contributed by atoms with Crippen LogP contribution >= 0.6 is 0 Å². The smallest absolute Gasteiger partial charge is 0.257 e. The zero-order valence-corrected chi connectivity index (χ0v) is 18.2. The normalized spacial score (nSPS) is 19.6. The molecule has 0 spiro atoms. The van der Waals surface area contributed by atoms with Gasteiger partial charge in [0.15, 0.2) is 5.60 Å². The topological polar surface area (TPSA) is 72.8 Å². The van der Waals surface area contributed by atoms with Crippen LogP contribution in [0.25, 0.3) is 0 Å². The number of likely N-dealkylation sites (tertiary alicyclic amines) is 1. The number of anilines is 1. The molecule has 0 aromatic heterocycles. The van der Waals surface area contributed by atoms with Gasteiger partial charge in [-0.3, -0.25) is 9.69 Å². The molecule has 1 saturated heterocycles. The summed E-state index contributed by atoms with van der Waals surface area (Å²) in [5.74, 6) is -0.361. The number of aliphatic hydroxyl groups is 2. The van der Waals surface area contributed by atoms with E-state index >= 15 is 0 Å². The van der Waals surface area contributed by atoms with Crippen LogP contribution in [0, 0.1) is 0 Å². The molecule has 1 heterocycles. The molecule has 0 saturated carbocycles. The maximum atomic E-state index is 12.8. The fourth-order valence-corrected chi connectivity index (χ4v) is 4.18. The largest absolute Gasteiger partial charge is 0.388 e. The average Bonchev–Trinajstić information content (AvgIpc) is 3.21. The predicted molar refractivity (Wildman–Crippen MR) is 126 cm³/mol. The summed E-state index contributed by atoms with van der Waals surface area (Å²) in [6.45, 7) is 1.73. The van der Waals surface area contributed by atoms with Gasteiger partial charge < -0.3 is 15.5 Å². The molecule has 1 aliphatic rings. The Balaban J connectivity index is 1.28. The number of nitrogens with one attached hydrogen (secondary N) is 1. The zero-order chi connectivity index (χ0) is 22.4. The van der Waals surface area contributed by atoms with Crippen molar-refractivity contribution >= 4 is 11.6 Å². The molecule has 2 atom stereocenters. The van der Waals surface area contributed by atoms with Crippen LogP contribution in [0.4, 0.5) is 5.69 Å². The molecule has 0 radical (unpaired) electrons. The summed E-state index contributed by atoms with van der Waals surface area (Å²) < 4.78 is 0. The van der Waals surface area contributed by atoms with Crippen LogP contribution in [-0.2, 0) is 17.8 Å². The fourth-order valence-electron chi connectivity index (χ4n) is 4.18. The summed E-state index contributed by atoms with van der Waals surface area (Å²) in [5, 5.41) is 24.1. The van der Waals surface area contributed by atoms with Crippen molar-refractivity contribution in [2.45, 2.75) is 37.5 Å². The first-order valence-corrected chi connectivity index (χ1v) is 11.1. The van der Waals surface area contributed by atoms with Crippen LogP contribution in [0.3, 0.4) is 0 Å². The molecule has 0 bridgehead atoms. The summed E-state index contributed by atoms with van der Waals surface area (Å²) in [7, 11) is 0. The molecular weight excluding hydrogens is 400 g/mol. The third-order valence-electron chi connectivity index (χ3n) is 6.10. The predicted octanol–water partition coefficient (Wildman–Crippen LogP) is 3.93. The van der Waals surface area contributed by atoms with Gasteiger partial charge in [0.1, 0.15) is 0 Å². The molecule has 1 fully saturated rings. The van der Waals surface area contributed by atoms with Gasteiger partial charge in [-0.25, -0.2) is 0 Å². The molecule has 166 valence electrons. The number of aryl methyl sites for hydroxylation is 1. The molecule has 3 N–H and O–H groups in total. The fraction of sp³-hybridized carbons (Fsp3) is 0.296. The van der Waals surface area contributed by atoms with Crippen LogP contribution in [0.5, 0.6) is 0 Å². The first-order chi connectivity index (χ1) is 15.5. The first kappa shape index (κ1) is 22.2. The van der Waals surface area contributed by atoms with Crippen molar-refractivity contribution in [3.8, 4) is 0 Å². The molecule has 3 aromatic rings. The second kappa shape index (κ2) is 10.1. The molecule has 5 nitrogen and oxygen atoms in total. The third-order valence-corrected chi connectivity index (χ3v) is 6.10. The van der Waals surface area contributed by atoms with Crippen molar-refractivity contribution in [1.29, 1.82) is 0 Å². The summed E-state index contributed by atoms with van der Waals surface area (Å²) in [6, 6.07) is 27.3. The van der Waals surface area contributed by atoms with Crippen LogP contribution in [0.2, 0.25) is 0 Å². The van der Waals surface area contributed by atoms with Crippen molar-refractivity contribution in [3.05, 3.63) is 102 Å². The lowest BCUT2D eigenvalue weighted by atomic mass is 10.0. The molecule has 32 heavy (non-hydrogen) atoms. The lowest BCUT2D eigenvalue weighted by molar-refractivity contribution is -0.132. The van der Waals surface area contributed by atoms with Gasteiger partial charge in [-0.2, -0.15) is 0 Å². The van der Waals surface area contributed by atoms with Gasteiger partial charge in [-0.15, -0.1) is 0 Å². The summed E-state index contributed by atoms with van der Waals surface area (Å²) in [6.07, 6.45) is 1.29. The minimum Gasteiger partial charge on any atom is -0.388 e. The monoisotopic (exact) mass is 430 g/mol. The second-order valence-electron chi connectivity index (χ2n) is 8.59. The van der Waals surface area contributed by atoms with Gasteiger partial charge in [0.2, 0.25) is 0 Å². The van der Waals surface area contributed by atoms with Gasteiger partial charge >= 0.3 is 0 Å². The van der Waals surface area contributed by atoms with Crippen molar-refractivity contribution in [2.75, 3.05) is 18.4 Å². The number of β-amino-alcohol motifs (C(OH)–C–C–N with tert-alkyl or cyclic N) is 1. The number of hydrogen-bond acceptors (Lipinski definition) is 4. The van der Waals surface area contributed by atoms with Crippen molar-refractivity contribution < 1.29 is 15.0 Å². The Kier molecular flexibility index (Phi) is 7.00. The maximum absolute atomic E-state index is 12.8. The number of hydrogen-bond donors (Lipinski definition) is 3. The Morgan fingerprint density at radius 3 is 2.28 bits per heavy atom. The Morgan fingerprint density at radius 1 is 0.938 bits per heavy atom. The van der Waals surface area contributed by atoms with Crippen LogP contribution in [0.1, 0.15) is 35.6 Å². The molecule has 5 heteroatoms. The Bertz CT molecular complexity index is 1010. The highest BCUT2D eigenvalue weighted by atomic mass is 16.3. The number of benzene rings is 3. The van der Waals surface area contributed by atoms with Crippen molar-refractivity contribution in [1.82, 2.24) is 4.90 Å². The van der Waals surface area contributed by atoms with Crippen molar-refractivity contribution in [3.63, 3.8) is 0 Å². The number of rotatable bonds is 8. The number of nitrogens with zero attached hydrogens (tertiary/aromatic N) is 1. The molecule has 1 aliphatic heterocycles. The summed E-state index contributed by atoms with van der Waals surface area (Å²) in [4.78, 5) is 14.9. The molecule has 4 rings (SSSR count). The number of amides is 1. The molecule has 0 aliphatic carbocycles. The number of carbonyl (C=O) groups excluding carboxylic acids is 1. The molecular formula is C27H30N2O3. The van der Waals surface area contributed by atoms with Crippen LogP contribution < -0.4 is 5.32 Å². The maximum Gasteiger partial charge on any atom is 0.257 e. The van der Waals surface area contributed by atoms with Gasteiger partial charge in [-0.1, -0.05) is 72.8 Å². The number of carbonyl (C=O) groups is 1. The molecule has 2 unspecified atom stereocenters. The average molecular weight is 431 g/mol. The summed E-state index contributed by atoms with van der Waals surface area (Å²) in [5.41, 5.74) is 2.46. The van der Waals surface area contributed by atoms with Gasteiger partial charge in [-0.05, 0) is 48.1 Å². The van der Waals surface area contributed by atoms with E-state index in [0.29, 0.717) is 31.6 Å². The number of aliphatic hydroxyl groups excluding tert-OH is 1. The standard InChI is InChI=1S/C27H30N2O3/c30-25(23-9-5-2-6-10-23)16-13-21-11-14-24(15-12-21)28-26(31)27(32)17-18-29(20-27)19-22-7-3-1-4-8-22/h1-12,14-15,25,30,32H,13,16-20H2,(H,28,31). The Labute approximate surface area is 189 Å². The highest BCUT2D eigenvalue weighted by molar-refractivity contribution is 5.97. The highest BCUT2D eigenvalue weighted by Crippen LogP contribution is 2.25. The van der Waals surface area contributed by atoms with Crippen LogP contribution in [-0.4, -0.2) is 39.7 Å². The third kappa shape index (κ3) is 5.62. The van der Waals surface area contributed by atoms with Gasteiger partial charge in [0.05, 0.1) is 6.10 Å². The molecule has 3 aromatic carbocycles. The minimum atomic E-state index is -1.38. The van der Waals surface area contributed by atoms with Gasteiger partial charge in [0, 0.05) is 25.3 Å². The van der Waals surface area contributed by atoms with E-state index in [-0.39, 0.29) is 5.91 Å². The lowest BCUT2D eigenvalue weighted by Gasteiger charge is -2.23. The lowest BCUT2D eigenvalue weighted by Crippen LogP contribution is -2.45. The molecule has 1 amide bonds. The highest BCUT2D eigenvalue weighted by Gasteiger charge is 2.42. The Hall–Kier alpha value is -2.99. The zero-order valence-electron chi connectivity index (χ0n) is 18.2. The second-order valence-corrected chi connectivity index (χ2v) is 8.59. The minimum absolute atomic E-state index is 0.323. The Morgan fingerprint density at radius 2 is 1.59 bits per heavy atom. The van der Waals surface area contributed by atoms with Gasteiger partial charge in [0.25, 0.3) is 5.91 Å². The van der Waals surface area contributed by atoms with E-state index in [1.807, 2.05) is 72.8 Å². The van der Waals surface area contributed by atoms with E-state index in [1.165, 1.54) is 5.56 Å². The SMILES string of the molecule is O=C(Nc1ccc(CCC(O)c2ccccc2)cc1)C1(O)CCN(Cc2ccccc2)C1.